The molecule has 0 saturated carbocycles. The highest BCUT2D eigenvalue weighted by Gasteiger charge is 2.05. The lowest BCUT2D eigenvalue weighted by atomic mass is 10.1. The van der Waals surface area contributed by atoms with E-state index in [-0.39, 0.29) is 0 Å². The number of nitrogens with zero attached hydrogens (tertiary/aromatic N) is 1. The van der Waals surface area contributed by atoms with E-state index in [2.05, 4.69) is 22.1 Å². The molecule has 0 unspecified atom stereocenters. The van der Waals surface area contributed by atoms with Crippen LogP contribution in [0.4, 0.5) is 5.82 Å². The van der Waals surface area contributed by atoms with Crippen LogP contribution in [0.5, 0.6) is 0 Å². The van der Waals surface area contributed by atoms with Crippen LogP contribution in [0.15, 0.2) is 24.5 Å². The number of hydrogen-bond donors (Lipinski definition) is 3. The van der Waals surface area contributed by atoms with Crippen LogP contribution in [0.25, 0.3) is 5.57 Å². The average Bonchev–Trinajstić information content (AvgIpc) is 2.53. The number of aromatic amines is 1. The number of nitrogens with one attached hydrogen (secondary N) is 2. The monoisotopic (exact) mass is 178 g/mol. The molecule has 70 valence electrons. The third-order valence-electron chi connectivity index (χ3n) is 1.95. The van der Waals surface area contributed by atoms with Gasteiger partial charge in [-0.2, -0.15) is 5.10 Å². The maximum Gasteiger partial charge on any atom is 0.126 e. The normalized spacial score (nSPS) is 12.2. The minimum Gasteiger partial charge on any atom is -0.388 e. The van der Waals surface area contributed by atoms with Crippen LogP contribution < -0.4 is 11.1 Å². The summed E-state index contributed by atoms with van der Waals surface area (Å²) in [4.78, 5) is 0. The lowest BCUT2D eigenvalue weighted by Gasteiger charge is -2.06. The third kappa shape index (κ3) is 1.72. The molecule has 4 heteroatoms. The molecule has 0 amide bonds. The Balaban J connectivity index is 3.15. The van der Waals surface area contributed by atoms with Gasteiger partial charge in [0.25, 0.3) is 0 Å². The van der Waals surface area contributed by atoms with Crippen LogP contribution in [0.2, 0.25) is 0 Å². The molecule has 1 aromatic rings. The van der Waals surface area contributed by atoms with Crippen molar-refractivity contribution in [3.8, 4) is 0 Å². The number of allylic oxidation sites excluding steroid dienone is 2. The summed E-state index contributed by atoms with van der Waals surface area (Å²) in [5.74, 6) is 0.576. The van der Waals surface area contributed by atoms with Gasteiger partial charge in [-0.25, -0.2) is 0 Å². The van der Waals surface area contributed by atoms with E-state index in [1.54, 1.807) is 12.3 Å². The molecule has 0 aromatic carbocycles. The zero-order valence-corrected chi connectivity index (χ0v) is 7.89. The Morgan fingerprint density at radius 2 is 2.46 bits per heavy atom. The molecule has 1 rings (SSSR count). The summed E-state index contributed by atoms with van der Waals surface area (Å²) in [6.45, 7) is 5.67. The first-order valence-electron chi connectivity index (χ1n) is 4.01. The fraction of sp³-hybridized carbons (Fsp3) is 0.222. The lowest BCUT2D eigenvalue weighted by molar-refractivity contribution is 1.03. The van der Waals surface area contributed by atoms with Crippen molar-refractivity contribution < 1.29 is 0 Å². The van der Waals surface area contributed by atoms with Crippen molar-refractivity contribution in [3.63, 3.8) is 0 Å². The highest BCUT2D eigenvalue weighted by molar-refractivity contribution is 5.74. The van der Waals surface area contributed by atoms with Gasteiger partial charge in [-0.1, -0.05) is 6.58 Å². The summed E-state index contributed by atoms with van der Waals surface area (Å²) in [5.41, 5.74) is 8.56. The van der Waals surface area contributed by atoms with Crippen molar-refractivity contribution in [1.82, 2.24) is 15.5 Å². The molecule has 0 radical (unpaired) electrons. The molecular weight excluding hydrogens is 164 g/mol. The first-order chi connectivity index (χ1) is 6.20. The average molecular weight is 178 g/mol. The van der Waals surface area contributed by atoms with Gasteiger partial charge >= 0.3 is 0 Å². The summed E-state index contributed by atoms with van der Waals surface area (Å²) < 4.78 is 0. The van der Waals surface area contributed by atoms with Crippen LogP contribution in [-0.4, -0.2) is 17.2 Å². The Hall–Kier alpha value is -1.71. The van der Waals surface area contributed by atoms with E-state index in [9.17, 15) is 0 Å². The number of likely N-dealkylation sites (N-methyl/N-ethyl adjacent to an activating group) is 1. The largest absolute Gasteiger partial charge is 0.388 e. The number of nitrogen functional groups attached to an aromatic ring is 1. The van der Waals surface area contributed by atoms with Crippen molar-refractivity contribution >= 4 is 11.4 Å². The molecule has 0 fully saturated rings. The Morgan fingerprint density at radius 3 is 2.85 bits per heavy atom. The zero-order valence-electron chi connectivity index (χ0n) is 7.89. The van der Waals surface area contributed by atoms with Gasteiger partial charge in [0.1, 0.15) is 5.82 Å². The molecular formula is C9H14N4. The quantitative estimate of drug-likeness (QED) is 0.608. The van der Waals surface area contributed by atoms with Gasteiger partial charge in [-0.3, -0.25) is 5.10 Å². The molecule has 4 N–H and O–H groups in total. The van der Waals surface area contributed by atoms with E-state index in [1.807, 2.05) is 14.0 Å². The predicted molar refractivity (Wildman–Crippen MR) is 54.9 cm³/mol. The van der Waals surface area contributed by atoms with Gasteiger partial charge in [0, 0.05) is 18.3 Å². The summed E-state index contributed by atoms with van der Waals surface area (Å²) >= 11 is 0. The van der Waals surface area contributed by atoms with Crippen LogP contribution in [0.3, 0.4) is 0 Å². The molecule has 0 aliphatic carbocycles. The Morgan fingerprint density at radius 1 is 1.77 bits per heavy atom. The Labute approximate surface area is 77.5 Å². The first kappa shape index (κ1) is 9.38. The number of hydrogen-bond acceptors (Lipinski definition) is 3. The number of H-pyrrole nitrogens is 1. The van der Waals surface area contributed by atoms with E-state index < -0.39 is 0 Å². The Bertz CT molecular complexity index is 335. The number of aromatic nitrogens is 2. The van der Waals surface area contributed by atoms with Gasteiger partial charge in [0.2, 0.25) is 0 Å². The highest BCUT2D eigenvalue weighted by Crippen LogP contribution is 2.20. The zero-order chi connectivity index (χ0) is 9.84. The van der Waals surface area contributed by atoms with Gasteiger partial charge in [0.15, 0.2) is 0 Å². The van der Waals surface area contributed by atoms with E-state index in [4.69, 9.17) is 5.73 Å². The standard InChI is InChI=1S/C9H14N4/c1-4-8(11-3)6(2)7-5-12-13-9(7)10/h4-5,11H,1H2,2-3H3,(H3,10,12,13)/b8-6-. The van der Waals surface area contributed by atoms with Gasteiger partial charge < -0.3 is 11.1 Å². The van der Waals surface area contributed by atoms with Crippen LogP contribution >= 0.6 is 0 Å². The van der Waals surface area contributed by atoms with Gasteiger partial charge in [-0.15, -0.1) is 0 Å². The van der Waals surface area contributed by atoms with Crippen molar-refractivity contribution in [2.24, 2.45) is 0 Å². The number of anilines is 1. The maximum absolute atomic E-state index is 5.67. The van der Waals surface area contributed by atoms with Crippen LogP contribution in [-0.2, 0) is 0 Å². The van der Waals surface area contributed by atoms with Crippen LogP contribution in [0, 0.1) is 0 Å². The molecule has 1 aromatic heterocycles. The van der Waals surface area contributed by atoms with Gasteiger partial charge in [-0.05, 0) is 18.6 Å². The topological polar surface area (TPSA) is 66.7 Å². The minimum absolute atomic E-state index is 0.576. The molecule has 0 saturated heterocycles. The van der Waals surface area contributed by atoms with Gasteiger partial charge in [0.05, 0.1) is 6.20 Å². The summed E-state index contributed by atoms with van der Waals surface area (Å²) in [6, 6.07) is 0. The third-order valence-corrected chi connectivity index (χ3v) is 1.95. The minimum atomic E-state index is 0.576. The summed E-state index contributed by atoms with van der Waals surface area (Å²) in [5, 5.41) is 9.56. The molecule has 0 atom stereocenters. The SMILES string of the molecule is C=C/C(NC)=C(\C)c1cn[nH]c1N. The van der Waals surface area contributed by atoms with Crippen molar-refractivity contribution in [1.29, 1.82) is 0 Å². The molecule has 0 bridgehead atoms. The lowest BCUT2D eigenvalue weighted by Crippen LogP contribution is -2.05. The molecule has 1 heterocycles. The second-order valence-corrected chi connectivity index (χ2v) is 2.69. The first-order valence-corrected chi connectivity index (χ1v) is 4.01. The second-order valence-electron chi connectivity index (χ2n) is 2.69. The van der Waals surface area contributed by atoms with E-state index >= 15 is 0 Å². The number of nitrogens with two attached hydrogens (primary N) is 1. The fourth-order valence-corrected chi connectivity index (χ4v) is 1.18. The summed E-state index contributed by atoms with van der Waals surface area (Å²) in [7, 11) is 1.84. The summed E-state index contributed by atoms with van der Waals surface area (Å²) in [6.07, 6.45) is 3.45. The van der Waals surface area contributed by atoms with E-state index in [0.29, 0.717) is 5.82 Å². The Kier molecular flexibility index (Phi) is 2.74. The van der Waals surface area contributed by atoms with Crippen LogP contribution in [0.1, 0.15) is 12.5 Å². The smallest absolute Gasteiger partial charge is 0.126 e. The fourth-order valence-electron chi connectivity index (χ4n) is 1.18. The molecule has 13 heavy (non-hydrogen) atoms. The maximum atomic E-state index is 5.67. The van der Waals surface area contributed by atoms with Crippen molar-refractivity contribution in [3.05, 3.63) is 30.1 Å². The van der Waals surface area contributed by atoms with E-state index in [0.717, 1.165) is 16.8 Å². The second kappa shape index (κ2) is 3.80. The molecule has 0 aliphatic rings. The van der Waals surface area contributed by atoms with Crippen molar-refractivity contribution in [2.75, 3.05) is 12.8 Å². The highest BCUT2D eigenvalue weighted by atomic mass is 15.1. The van der Waals surface area contributed by atoms with Crippen molar-refractivity contribution in [2.45, 2.75) is 6.92 Å². The predicted octanol–water partition coefficient (Wildman–Crippen LogP) is 1.13. The molecule has 4 nitrogen and oxygen atoms in total. The molecule has 0 aliphatic heterocycles. The number of rotatable bonds is 3. The molecule has 0 spiro atoms. The van der Waals surface area contributed by atoms with E-state index in [1.165, 1.54) is 0 Å².